The van der Waals surface area contributed by atoms with Gasteiger partial charge in [-0.15, -0.1) is 0 Å². The molecule has 0 fully saturated rings. The maximum Gasteiger partial charge on any atom is 0.416 e. The smallest absolute Gasteiger partial charge is 0.416 e. The summed E-state index contributed by atoms with van der Waals surface area (Å²) in [6, 6.07) is 8.37. The molecule has 0 spiro atoms. The van der Waals surface area contributed by atoms with Crippen molar-refractivity contribution in [2.45, 2.75) is 19.2 Å². The molecule has 3 rings (SSSR count). The zero-order valence-electron chi connectivity index (χ0n) is 14.7. The number of carbonyl (C=O) groups excluding carboxylic acids is 2. The van der Waals surface area contributed by atoms with E-state index in [1.54, 1.807) is 18.2 Å². The van der Waals surface area contributed by atoms with Crippen LogP contribution < -0.4 is 14.8 Å². The van der Waals surface area contributed by atoms with Gasteiger partial charge in [-0.2, -0.15) is 13.2 Å². The Morgan fingerprint density at radius 2 is 1.68 bits per heavy atom. The zero-order chi connectivity index (χ0) is 20.3. The van der Waals surface area contributed by atoms with Crippen LogP contribution in [-0.2, 0) is 15.7 Å². The van der Waals surface area contributed by atoms with E-state index in [0.29, 0.717) is 30.4 Å². The first-order valence-electron chi connectivity index (χ1n) is 8.33. The second-order valence-electron chi connectivity index (χ2n) is 5.97. The molecule has 1 aliphatic heterocycles. The Bertz CT molecular complexity index is 880. The van der Waals surface area contributed by atoms with Gasteiger partial charge in [0.2, 0.25) is 0 Å². The number of rotatable bonds is 4. The van der Waals surface area contributed by atoms with Crippen molar-refractivity contribution >= 4 is 17.6 Å². The summed E-state index contributed by atoms with van der Waals surface area (Å²) in [5, 5.41) is 2.58. The number of fused-ring (bicyclic) bond motifs is 1. The lowest BCUT2D eigenvalue weighted by atomic mass is 10.1. The summed E-state index contributed by atoms with van der Waals surface area (Å²) in [7, 11) is 0. The molecular formula is C19H16F3NO5. The van der Waals surface area contributed by atoms with E-state index in [4.69, 9.17) is 14.2 Å². The van der Waals surface area contributed by atoms with Crippen molar-refractivity contribution in [1.29, 1.82) is 0 Å². The van der Waals surface area contributed by atoms with Gasteiger partial charge in [-0.3, -0.25) is 4.79 Å². The van der Waals surface area contributed by atoms with Crippen LogP contribution in [0.25, 0.3) is 0 Å². The summed E-state index contributed by atoms with van der Waals surface area (Å²) in [6.07, 6.45) is -5.66. The van der Waals surface area contributed by atoms with Crippen LogP contribution in [0.1, 0.15) is 22.8 Å². The van der Waals surface area contributed by atoms with Gasteiger partial charge < -0.3 is 19.5 Å². The molecule has 2 aromatic carbocycles. The molecule has 1 atom stereocenters. The topological polar surface area (TPSA) is 73.9 Å². The Labute approximate surface area is 158 Å². The fourth-order valence-corrected chi connectivity index (χ4v) is 2.44. The van der Waals surface area contributed by atoms with E-state index < -0.39 is 29.7 Å². The number of anilines is 1. The third kappa shape index (κ3) is 4.54. The number of hydrogen-bond acceptors (Lipinski definition) is 5. The summed E-state index contributed by atoms with van der Waals surface area (Å²) >= 11 is 0. The summed E-state index contributed by atoms with van der Waals surface area (Å²) in [4.78, 5) is 24.3. The Kier molecular flexibility index (Phi) is 5.43. The van der Waals surface area contributed by atoms with Crippen LogP contribution in [0.5, 0.6) is 11.5 Å². The predicted octanol–water partition coefficient (Wildman–Crippen LogP) is 3.66. The van der Waals surface area contributed by atoms with E-state index in [2.05, 4.69) is 5.32 Å². The number of halogens is 3. The third-order valence-corrected chi connectivity index (χ3v) is 3.91. The van der Waals surface area contributed by atoms with E-state index in [1.807, 2.05) is 0 Å². The average Bonchev–Trinajstić information content (AvgIpc) is 2.67. The van der Waals surface area contributed by atoms with E-state index in [0.717, 1.165) is 24.3 Å². The molecule has 6 nitrogen and oxygen atoms in total. The summed E-state index contributed by atoms with van der Waals surface area (Å²) in [5.41, 5.74) is -0.549. The van der Waals surface area contributed by atoms with Gasteiger partial charge >= 0.3 is 12.1 Å². The first kappa shape index (κ1) is 19.5. The van der Waals surface area contributed by atoms with Gasteiger partial charge in [0, 0.05) is 11.8 Å². The van der Waals surface area contributed by atoms with Crippen LogP contribution in [0, 0.1) is 0 Å². The van der Waals surface area contributed by atoms with Crippen molar-refractivity contribution in [2.24, 2.45) is 0 Å². The number of hydrogen-bond donors (Lipinski definition) is 1. The van der Waals surface area contributed by atoms with Gasteiger partial charge in [0.15, 0.2) is 17.6 Å². The lowest BCUT2D eigenvalue weighted by Gasteiger charge is -2.19. The van der Waals surface area contributed by atoms with E-state index in [9.17, 15) is 22.8 Å². The first-order valence-corrected chi connectivity index (χ1v) is 8.33. The lowest BCUT2D eigenvalue weighted by molar-refractivity contribution is -0.137. The highest BCUT2D eigenvalue weighted by molar-refractivity contribution is 5.97. The van der Waals surface area contributed by atoms with E-state index >= 15 is 0 Å². The average molecular weight is 395 g/mol. The maximum atomic E-state index is 12.6. The molecule has 0 aromatic heterocycles. The molecular weight excluding hydrogens is 379 g/mol. The third-order valence-electron chi connectivity index (χ3n) is 3.91. The van der Waals surface area contributed by atoms with Crippen LogP contribution in [0.15, 0.2) is 42.5 Å². The molecule has 0 saturated heterocycles. The molecule has 1 amide bonds. The number of alkyl halides is 3. The van der Waals surface area contributed by atoms with Crippen molar-refractivity contribution in [3.05, 3.63) is 53.6 Å². The Hall–Kier alpha value is -3.23. The highest BCUT2D eigenvalue weighted by atomic mass is 19.4. The van der Waals surface area contributed by atoms with Gasteiger partial charge in [-0.1, -0.05) is 0 Å². The largest absolute Gasteiger partial charge is 0.486 e. The maximum absolute atomic E-state index is 12.6. The molecule has 0 radical (unpaired) electrons. The molecule has 1 heterocycles. The normalized spacial score (nSPS) is 14.1. The molecule has 148 valence electrons. The summed E-state index contributed by atoms with van der Waals surface area (Å²) < 4.78 is 53.5. The molecule has 9 heteroatoms. The van der Waals surface area contributed by atoms with E-state index in [1.165, 1.54) is 6.92 Å². The molecule has 2 aromatic rings. The van der Waals surface area contributed by atoms with Crippen molar-refractivity contribution in [2.75, 3.05) is 18.5 Å². The molecule has 0 aliphatic carbocycles. The van der Waals surface area contributed by atoms with Crippen molar-refractivity contribution in [3.8, 4) is 11.5 Å². The zero-order valence-corrected chi connectivity index (χ0v) is 14.7. The number of amides is 1. The van der Waals surface area contributed by atoms with Gasteiger partial charge in [0.05, 0.1) is 11.1 Å². The van der Waals surface area contributed by atoms with Gasteiger partial charge in [0.1, 0.15) is 13.2 Å². The molecule has 0 unspecified atom stereocenters. The van der Waals surface area contributed by atoms with Gasteiger partial charge in [-0.05, 0) is 43.3 Å². The molecule has 28 heavy (non-hydrogen) atoms. The number of nitrogens with one attached hydrogen (secondary N) is 1. The minimum absolute atomic E-state index is 0.0908. The summed E-state index contributed by atoms with van der Waals surface area (Å²) in [5.74, 6) is -0.458. The molecule has 0 saturated carbocycles. The summed E-state index contributed by atoms with van der Waals surface area (Å²) in [6.45, 7) is 2.19. The quantitative estimate of drug-likeness (QED) is 0.800. The Morgan fingerprint density at radius 3 is 2.32 bits per heavy atom. The number of esters is 1. The van der Waals surface area contributed by atoms with Gasteiger partial charge in [-0.25, -0.2) is 4.79 Å². The highest BCUT2D eigenvalue weighted by Crippen LogP contribution is 2.32. The van der Waals surface area contributed by atoms with Crippen LogP contribution in [0.4, 0.5) is 18.9 Å². The molecule has 1 N–H and O–H groups in total. The molecule has 0 bridgehead atoms. The number of benzene rings is 2. The minimum Gasteiger partial charge on any atom is -0.486 e. The first-order chi connectivity index (χ1) is 13.2. The van der Waals surface area contributed by atoms with Gasteiger partial charge in [0.25, 0.3) is 5.91 Å². The van der Waals surface area contributed by atoms with Crippen LogP contribution in [-0.4, -0.2) is 31.2 Å². The highest BCUT2D eigenvalue weighted by Gasteiger charge is 2.30. The predicted molar refractivity (Wildman–Crippen MR) is 92.4 cm³/mol. The number of ether oxygens (including phenoxy) is 3. The fourth-order valence-electron chi connectivity index (χ4n) is 2.44. The molecule has 1 aliphatic rings. The fraction of sp³-hybridized carbons (Fsp3) is 0.263. The SMILES string of the molecule is C[C@@H](OC(=O)c1ccc(C(F)(F)F)cc1)C(=O)Nc1ccc2c(c1)OCCO2. The Balaban J connectivity index is 1.60. The van der Waals surface area contributed by atoms with Crippen LogP contribution >= 0.6 is 0 Å². The number of carbonyl (C=O) groups is 2. The lowest BCUT2D eigenvalue weighted by Crippen LogP contribution is -2.30. The second kappa shape index (κ2) is 7.79. The van der Waals surface area contributed by atoms with Crippen molar-refractivity contribution in [3.63, 3.8) is 0 Å². The van der Waals surface area contributed by atoms with Crippen molar-refractivity contribution in [1.82, 2.24) is 0 Å². The monoisotopic (exact) mass is 395 g/mol. The van der Waals surface area contributed by atoms with Crippen LogP contribution in [0.2, 0.25) is 0 Å². The van der Waals surface area contributed by atoms with Crippen molar-refractivity contribution < 1.29 is 37.0 Å². The van der Waals surface area contributed by atoms with E-state index in [-0.39, 0.29) is 5.56 Å². The second-order valence-corrected chi connectivity index (χ2v) is 5.97. The van der Waals surface area contributed by atoms with Crippen LogP contribution in [0.3, 0.4) is 0 Å². The standard InChI is InChI=1S/C19H16F3NO5/c1-11(28-18(25)12-2-4-13(5-3-12)19(20,21)22)17(24)23-14-6-7-15-16(10-14)27-9-8-26-15/h2-7,10-11H,8-9H2,1H3,(H,23,24)/t11-/m1/s1. The minimum atomic E-state index is -4.50. The Morgan fingerprint density at radius 1 is 1.04 bits per heavy atom.